The summed E-state index contributed by atoms with van der Waals surface area (Å²) in [5.41, 5.74) is -1.04. The van der Waals surface area contributed by atoms with Gasteiger partial charge in [-0.2, -0.15) is 0 Å². The van der Waals surface area contributed by atoms with E-state index in [1.807, 2.05) is 13.0 Å². The van der Waals surface area contributed by atoms with E-state index in [0.717, 1.165) is 24.7 Å². The topological polar surface area (TPSA) is 70.5 Å². The van der Waals surface area contributed by atoms with E-state index in [4.69, 9.17) is 4.74 Å². The quantitative estimate of drug-likeness (QED) is 0.836. The van der Waals surface area contributed by atoms with Gasteiger partial charge >= 0.3 is 0 Å². The van der Waals surface area contributed by atoms with E-state index in [1.165, 1.54) is 12.8 Å². The van der Waals surface area contributed by atoms with Crippen LogP contribution >= 0.6 is 0 Å². The fraction of sp³-hybridized carbons (Fsp3) is 0.765. The van der Waals surface area contributed by atoms with Crippen LogP contribution in [0.1, 0.15) is 40.0 Å². The SMILES string of the molecule is CCOC1CC(O)(CNc2cc(N3CCCC3)ncn2)C1(C)C. The Hall–Kier alpha value is -1.40. The maximum absolute atomic E-state index is 10.9. The van der Waals surface area contributed by atoms with Crippen molar-refractivity contribution in [1.82, 2.24) is 9.97 Å². The van der Waals surface area contributed by atoms with Crippen molar-refractivity contribution in [1.29, 1.82) is 0 Å². The summed E-state index contributed by atoms with van der Waals surface area (Å²) in [6, 6.07) is 1.97. The van der Waals surface area contributed by atoms with E-state index in [0.29, 0.717) is 19.6 Å². The number of nitrogens with zero attached hydrogens (tertiary/aromatic N) is 3. The third-order valence-electron chi connectivity index (χ3n) is 5.54. The highest BCUT2D eigenvalue weighted by Gasteiger charge is 2.59. The monoisotopic (exact) mass is 320 g/mol. The molecule has 0 radical (unpaired) electrons. The zero-order valence-corrected chi connectivity index (χ0v) is 14.4. The molecule has 3 rings (SSSR count). The maximum atomic E-state index is 10.9. The second-order valence-electron chi connectivity index (χ2n) is 7.21. The molecule has 0 bridgehead atoms. The molecule has 0 amide bonds. The Kier molecular flexibility index (Phi) is 4.47. The highest BCUT2D eigenvalue weighted by Crippen LogP contribution is 2.51. The van der Waals surface area contributed by atoms with E-state index in [1.54, 1.807) is 6.33 Å². The lowest BCUT2D eigenvalue weighted by molar-refractivity contribution is -0.233. The summed E-state index contributed by atoms with van der Waals surface area (Å²) in [6.45, 7) is 9.39. The number of hydrogen-bond acceptors (Lipinski definition) is 6. The maximum Gasteiger partial charge on any atom is 0.134 e. The largest absolute Gasteiger partial charge is 0.387 e. The standard InChI is InChI=1S/C17H28N4O2/c1-4-23-13-10-17(22,16(13,2)3)11-18-14-9-15(20-12-19-14)21-7-5-6-8-21/h9,12-13,22H,4-8,10-11H2,1-3H3,(H,18,19,20). The molecule has 2 N–H and O–H groups in total. The summed E-state index contributed by atoms with van der Waals surface area (Å²) < 4.78 is 5.71. The first kappa shape index (κ1) is 16.5. The Balaban J connectivity index is 1.61. The fourth-order valence-electron chi connectivity index (χ4n) is 3.56. The lowest BCUT2D eigenvalue weighted by atomic mass is 9.56. The first-order chi connectivity index (χ1) is 11.0. The number of aliphatic hydroxyl groups is 1. The average Bonchev–Trinajstić information content (AvgIpc) is 3.07. The van der Waals surface area contributed by atoms with Gasteiger partial charge in [-0.1, -0.05) is 13.8 Å². The summed E-state index contributed by atoms with van der Waals surface area (Å²) >= 11 is 0. The van der Waals surface area contributed by atoms with Gasteiger partial charge < -0.3 is 20.1 Å². The number of anilines is 2. The first-order valence-electron chi connectivity index (χ1n) is 8.61. The molecule has 1 saturated heterocycles. The third-order valence-corrected chi connectivity index (χ3v) is 5.54. The minimum Gasteiger partial charge on any atom is -0.387 e. The lowest BCUT2D eigenvalue weighted by Crippen LogP contribution is -2.67. The van der Waals surface area contributed by atoms with Crippen molar-refractivity contribution in [2.24, 2.45) is 5.41 Å². The van der Waals surface area contributed by atoms with Gasteiger partial charge in [-0.3, -0.25) is 0 Å². The molecule has 6 nitrogen and oxygen atoms in total. The molecule has 1 saturated carbocycles. The van der Waals surface area contributed by atoms with Crippen LogP contribution in [0.2, 0.25) is 0 Å². The third kappa shape index (κ3) is 3.02. The minimum atomic E-state index is -0.772. The van der Waals surface area contributed by atoms with Gasteiger partial charge in [0.1, 0.15) is 18.0 Å². The van der Waals surface area contributed by atoms with Gasteiger partial charge in [0, 0.05) is 44.1 Å². The van der Waals surface area contributed by atoms with Gasteiger partial charge in [0.25, 0.3) is 0 Å². The van der Waals surface area contributed by atoms with Gasteiger partial charge in [-0.25, -0.2) is 9.97 Å². The number of rotatable bonds is 6. The van der Waals surface area contributed by atoms with Crippen LogP contribution < -0.4 is 10.2 Å². The normalized spacial score (nSPS) is 29.4. The summed E-state index contributed by atoms with van der Waals surface area (Å²) in [7, 11) is 0. The van der Waals surface area contributed by atoms with E-state index in [2.05, 4.69) is 34.0 Å². The summed E-state index contributed by atoms with van der Waals surface area (Å²) in [5, 5.41) is 14.2. The number of hydrogen-bond donors (Lipinski definition) is 2. The molecule has 1 aromatic rings. The van der Waals surface area contributed by atoms with Crippen LogP contribution in [-0.4, -0.2) is 53.0 Å². The second kappa shape index (κ2) is 6.24. The molecule has 2 heterocycles. The smallest absolute Gasteiger partial charge is 0.134 e. The Labute approximate surface area is 138 Å². The van der Waals surface area contributed by atoms with Crippen molar-refractivity contribution in [3.05, 3.63) is 12.4 Å². The van der Waals surface area contributed by atoms with Gasteiger partial charge in [-0.05, 0) is 19.8 Å². The van der Waals surface area contributed by atoms with Gasteiger partial charge in [0.15, 0.2) is 0 Å². The molecule has 6 heteroatoms. The summed E-state index contributed by atoms with van der Waals surface area (Å²) in [5.74, 6) is 1.73. The number of aromatic nitrogens is 2. The van der Waals surface area contributed by atoms with Crippen molar-refractivity contribution in [2.75, 3.05) is 36.5 Å². The molecule has 0 spiro atoms. The van der Waals surface area contributed by atoms with E-state index >= 15 is 0 Å². The molecule has 1 aliphatic carbocycles. The van der Waals surface area contributed by atoms with Crippen LogP contribution in [0.25, 0.3) is 0 Å². The Morgan fingerprint density at radius 1 is 1.35 bits per heavy atom. The molecule has 23 heavy (non-hydrogen) atoms. The fourth-order valence-corrected chi connectivity index (χ4v) is 3.56. The summed E-state index contributed by atoms with van der Waals surface area (Å²) in [4.78, 5) is 10.9. The molecular weight excluding hydrogens is 292 g/mol. The minimum absolute atomic E-state index is 0.116. The highest BCUT2D eigenvalue weighted by molar-refractivity contribution is 5.49. The molecule has 1 aromatic heterocycles. The number of ether oxygens (including phenoxy) is 1. The molecule has 2 unspecified atom stereocenters. The molecule has 2 fully saturated rings. The van der Waals surface area contributed by atoms with Gasteiger partial charge in [-0.15, -0.1) is 0 Å². The second-order valence-corrected chi connectivity index (χ2v) is 7.21. The van der Waals surface area contributed by atoms with Gasteiger partial charge in [0.2, 0.25) is 0 Å². The van der Waals surface area contributed by atoms with Crippen LogP contribution in [0.15, 0.2) is 12.4 Å². The zero-order chi connectivity index (χ0) is 16.5. The summed E-state index contributed by atoms with van der Waals surface area (Å²) in [6.07, 6.45) is 4.81. The molecule has 2 aliphatic rings. The molecule has 0 aromatic carbocycles. The van der Waals surface area contributed by atoms with Crippen LogP contribution in [0.5, 0.6) is 0 Å². The zero-order valence-electron chi connectivity index (χ0n) is 14.4. The van der Waals surface area contributed by atoms with Crippen molar-refractivity contribution in [3.8, 4) is 0 Å². The van der Waals surface area contributed by atoms with Crippen molar-refractivity contribution in [2.45, 2.75) is 51.7 Å². The van der Waals surface area contributed by atoms with Crippen LogP contribution in [-0.2, 0) is 4.74 Å². The molecule has 128 valence electrons. The predicted molar refractivity (Wildman–Crippen MR) is 90.7 cm³/mol. The lowest BCUT2D eigenvalue weighted by Gasteiger charge is -2.58. The molecule has 2 atom stereocenters. The van der Waals surface area contributed by atoms with E-state index in [-0.39, 0.29) is 11.5 Å². The Morgan fingerprint density at radius 2 is 2.09 bits per heavy atom. The predicted octanol–water partition coefficient (Wildman–Crippen LogP) is 2.05. The highest BCUT2D eigenvalue weighted by atomic mass is 16.5. The first-order valence-corrected chi connectivity index (χ1v) is 8.61. The van der Waals surface area contributed by atoms with Gasteiger partial charge in [0.05, 0.1) is 11.7 Å². The Morgan fingerprint density at radius 3 is 2.74 bits per heavy atom. The van der Waals surface area contributed by atoms with Crippen LogP contribution in [0.3, 0.4) is 0 Å². The van der Waals surface area contributed by atoms with Crippen LogP contribution in [0.4, 0.5) is 11.6 Å². The van der Waals surface area contributed by atoms with Crippen molar-refractivity contribution < 1.29 is 9.84 Å². The molecule has 1 aliphatic heterocycles. The van der Waals surface area contributed by atoms with E-state index < -0.39 is 5.60 Å². The van der Waals surface area contributed by atoms with Crippen LogP contribution in [0, 0.1) is 5.41 Å². The Bertz CT molecular complexity index is 545. The van der Waals surface area contributed by atoms with E-state index in [9.17, 15) is 5.11 Å². The average molecular weight is 320 g/mol. The number of nitrogens with one attached hydrogen (secondary N) is 1. The van der Waals surface area contributed by atoms with Crippen molar-refractivity contribution >= 4 is 11.6 Å². The molecular formula is C17H28N4O2. The van der Waals surface area contributed by atoms with Crippen molar-refractivity contribution in [3.63, 3.8) is 0 Å².